The van der Waals surface area contributed by atoms with Crippen molar-refractivity contribution in [2.75, 3.05) is 5.32 Å². The number of nitrogens with zero attached hydrogens (tertiary/aromatic N) is 2. The van der Waals surface area contributed by atoms with Gasteiger partial charge in [0, 0.05) is 12.1 Å². The van der Waals surface area contributed by atoms with Gasteiger partial charge in [-0.25, -0.2) is 0 Å². The fourth-order valence-corrected chi connectivity index (χ4v) is 3.05. The Morgan fingerprint density at radius 1 is 1.27 bits per heavy atom. The van der Waals surface area contributed by atoms with Crippen LogP contribution in [-0.2, 0) is 26.9 Å². The second kappa shape index (κ2) is 9.08. The highest BCUT2D eigenvalue weighted by Crippen LogP contribution is 2.30. The van der Waals surface area contributed by atoms with Crippen LogP contribution in [0.2, 0.25) is 0 Å². The number of esters is 1. The fourth-order valence-electron chi connectivity index (χ4n) is 2.40. The highest BCUT2D eigenvalue weighted by atomic mass is 32.1. The Bertz CT molecular complexity index is 1020. The van der Waals surface area contributed by atoms with Crippen LogP contribution in [0.5, 0.6) is 0 Å². The van der Waals surface area contributed by atoms with Crippen LogP contribution in [0.15, 0.2) is 46.3 Å². The van der Waals surface area contributed by atoms with E-state index in [0.717, 1.165) is 17.0 Å². The number of alkyl halides is 3. The number of thiophene rings is 1. The lowest BCUT2D eigenvalue weighted by Gasteiger charge is -2.14. The first kappa shape index (κ1) is 21.5. The van der Waals surface area contributed by atoms with Gasteiger partial charge in [0.05, 0.1) is 16.9 Å². The van der Waals surface area contributed by atoms with Crippen molar-refractivity contribution in [2.45, 2.75) is 32.0 Å². The molecule has 1 N–H and O–H groups in total. The highest BCUT2D eigenvalue weighted by molar-refractivity contribution is 7.13. The number of hydrogen-bond acceptors (Lipinski definition) is 7. The smallest absolute Gasteiger partial charge is 0.416 e. The Morgan fingerprint density at radius 3 is 2.77 bits per heavy atom. The molecule has 3 rings (SSSR count). The van der Waals surface area contributed by atoms with Crippen LogP contribution in [0.3, 0.4) is 0 Å². The average Bonchev–Trinajstić information content (AvgIpc) is 3.37. The van der Waals surface area contributed by atoms with Crippen molar-refractivity contribution in [1.29, 1.82) is 0 Å². The lowest BCUT2D eigenvalue weighted by atomic mass is 10.2. The minimum atomic E-state index is -4.53. The Hall–Kier alpha value is -3.21. The number of anilines is 1. The van der Waals surface area contributed by atoms with Crippen molar-refractivity contribution in [3.63, 3.8) is 0 Å². The average molecular weight is 439 g/mol. The van der Waals surface area contributed by atoms with E-state index in [-0.39, 0.29) is 24.4 Å². The number of aromatic nitrogens is 2. The van der Waals surface area contributed by atoms with Crippen molar-refractivity contribution in [1.82, 2.24) is 10.1 Å². The lowest BCUT2D eigenvalue weighted by Crippen LogP contribution is -2.30. The van der Waals surface area contributed by atoms with Crippen molar-refractivity contribution >= 4 is 28.9 Å². The summed E-state index contributed by atoms with van der Waals surface area (Å²) in [6.07, 6.45) is -5.71. The third-order valence-electron chi connectivity index (χ3n) is 3.89. The largest absolute Gasteiger partial charge is 0.453 e. The molecule has 0 aliphatic rings. The number of hydrogen-bond donors (Lipinski definition) is 1. The molecule has 1 amide bonds. The van der Waals surface area contributed by atoms with Crippen molar-refractivity contribution in [3.8, 4) is 10.7 Å². The SMILES string of the molecule is CC(OC(=O)CCc1nc(-c2cccs2)no1)C(=O)Nc1cccc(C(F)(F)F)c1. The molecule has 0 fully saturated rings. The molecule has 0 spiro atoms. The van der Waals surface area contributed by atoms with Crippen LogP contribution in [0, 0.1) is 0 Å². The molecule has 30 heavy (non-hydrogen) atoms. The van der Waals surface area contributed by atoms with E-state index in [2.05, 4.69) is 15.5 Å². The minimum absolute atomic E-state index is 0.0512. The summed E-state index contributed by atoms with van der Waals surface area (Å²) in [7, 11) is 0. The Kier molecular flexibility index (Phi) is 6.50. The number of halogens is 3. The molecular formula is C19H16F3N3O4S. The molecule has 11 heteroatoms. The standard InChI is InChI=1S/C19H16F3N3O4S/c1-11(18(27)23-13-5-2-4-12(10-13)19(20,21)22)28-16(26)8-7-15-24-17(25-29-15)14-6-3-9-30-14/h2-6,9-11H,7-8H2,1H3,(H,23,27). The van der Waals surface area contributed by atoms with E-state index in [4.69, 9.17) is 9.26 Å². The molecule has 3 aromatic rings. The first-order valence-electron chi connectivity index (χ1n) is 8.76. The molecule has 1 atom stereocenters. The summed E-state index contributed by atoms with van der Waals surface area (Å²) in [5.74, 6) is -0.767. The summed E-state index contributed by atoms with van der Waals surface area (Å²) in [6.45, 7) is 1.32. The third kappa shape index (κ3) is 5.66. The number of carbonyl (C=O) groups excluding carboxylic acids is 2. The second-order valence-electron chi connectivity index (χ2n) is 6.19. The van der Waals surface area contributed by atoms with E-state index in [1.54, 1.807) is 0 Å². The van der Waals surface area contributed by atoms with Crippen molar-refractivity contribution < 1.29 is 32.0 Å². The van der Waals surface area contributed by atoms with Gasteiger partial charge in [-0.15, -0.1) is 11.3 Å². The van der Waals surface area contributed by atoms with Crippen LogP contribution >= 0.6 is 11.3 Å². The number of rotatable bonds is 7. The van der Waals surface area contributed by atoms with Gasteiger partial charge in [-0.2, -0.15) is 18.2 Å². The normalized spacial score (nSPS) is 12.4. The number of benzene rings is 1. The monoisotopic (exact) mass is 439 g/mol. The summed E-state index contributed by atoms with van der Waals surface area (Å²) in [5, 5.41) is 7.99. The summed E-state index contributed by atoms with van der Waals surface area (Å²) in [6, 6.07) is 7.84. The maximum absolute atomic E-state index is 12.7. The van der Waals surface area contributed by atoms with Crippen molar-refractivity contribution in [2.24, 2.45) is 0 Å². The molecule has 2 aromatic heterocycles. The number of ether oxygens (including phenoxy) is 1. The molecule has 2 heterocycles. The minimum Gasteiger partial charge on any atom is -0.453 e. The fraction of sp³-hybridized carbons (Fsp3) is 0.263. The zero-order chi connectivity index (χ0) is 21.7. The van der Waals surface area contributed by atoms with Gasteiger partial charge in [-0.1, -0.05) is 17.3 Å². The number of nitrogens with one attached hydrogen (secondary N) is 1. The van der Waals surface area contributed by atoms with Gasteiger partial charge in [0.1, 0.15) is 0 Å². The summed E-state index contributed by atoms with van der Waals surface area (Å²) >= 11 is 1.44. The van der Waals surface area contributed by atoms with Gasteiger partial charge in [0.15, 0.2) is 6.10 Å². The van der Waals surface area contributed by atoms with Gasteiger partial charge in [-0.3, -0.25) is 9.59 Å². The molecule has 1 aromatic carbocycles. The zero-order valence-electron chi connectivity index (χ0n) is 15.6. The number of amides is 1. The zero-order valence-corrected chi connectivity index (χ0v) is 16.4. The van der Waals surface area contributed by atoms with E-state index < -0.39 is 29.7 Å². The number of carbonyl (C=O) groups is 2. The van der Waals surface area contributed by atoms with Crippen LogP contribution in [0.4, 0.5) is 18.9 Å². The van der Waals surface area contributed by atoms with E-state index in [0.29, 0.717) is 5.82 Å². The molecule has 0 aliphatic heterocycles. The topological polar surface area (TPSA) is 94.3 Å². The first-order valence-corrected chi connectivity index (χ1v) is 9.64. The van der Waals surface area contributed by atoms with Gasteiger partial charge >= 0.3 is 12.1 Å². The molecular weight excluding hydrogens is 423 g/mol. The lowest BCUT2D eigenvalue weighted by molar-refractivity contribution is -0.153. The van der Waals surface area contributed by atoms with Gasteiger partial charge in [-0.05, 0) is 36.6 Å². The molecule has 0 saturated carbocycles. The molecule has 7 nitrogen and oxygen atoms in total. The van der Waals surface area contributed by atoms with Crippen LogP contribution in [-0.4, -0.2) is 28.1 Å². The Morgan fingerprint density at radius 2 is 2.07 bits per heavy atom. The first-order chi connectivity index (χ1) is 14.2. The second-order valence-corrected chi connectivity index (χ2v) is 7.14. The molecule has 0 aliphatic carbocycles. The highest BCUT2D eigenvalue weighted by Gasteiger charge is 2.30. The summed E-state index contributed by atoms with van der Waals surface area (Å²) in [4.78, 5) is 29.1. The van der Waals surface area contributed by atoms with Gasteiger partial charge in [0.2, 0.25) is 11.7 Å². The predicted molar refractivity (Wildman–Crippen MR) is 102 cm³/mol. The van der Waals surface area contributed by atoms with E-state index in [1.807, 2.05) is 17.5 Å². The maximum Gasteiger partial charge on any atom is 0.416 e. The molecule has 0 saturated heterocycles. The summed E-state index contributed by atoms with van der Waals surface area (Å²) in [5.41, 5.74) is -0.948. The summed E-state index contributed by atoms with van der Waals surface area (Å²) < 4.78 is 48.3. The van der Waals surface area contributed by atoms with E-state index in [1.165, 1.54) is 30.4 Å². The van der Waals surface area contributed by atoms with Crippen LogP contribution in [0.25, 0.3) is 10.7 Å². The Labute approximate surface area is 172 Å². The molecule has 1 unspecified atom stereocenters. The Balaban J connectivity index is 1.49. The maximum atomic E-state index is 12.7. The van der Waals surface area contributed by atoms with E-state index in [9.17, 15) is 22.8 Å². The van der Waals surface area contributed by atoms with Gasteiger partial charge in [0.25, 0.3) is 5.91 Å². The van der Waals surface area contributed by atoms with Crippen LogP contribution in [0.1, 0.15) is 24.8 Å². The quantitative estimate of drug-likeness (QED) is 0.551. The van der Waals surface area contributed by atoms with Crippen LogP contribution < -0.4 is 5.32 Å². The van der Waals surface area contributed by atoms with Gasteiger partial charge < -0.3 is 14.6 Å². The molecule has 0 bridgehead atoms. The molecule has 158 valence electrons. The molecule has 0 radical (unpaired) electrons. The number of aryl methyl sites for hydroxylation is 1. The van der Waals surface area contributed by atoms with Crippen molar-refractivity contribution in [3.05, 3.63) is 53.2 Å². The van der Waals surface area contributed by atoms with E-state index >= 15 is 0 Å². The predicted octanol–water partition coefficient (Wildman–Crippen LogP) is 4.32. The third-order valence-corrected chi connectivity index (χ3v) is 4.75.